The molecule has 24 heavy (non-hydrogen) atoms. The van der Waals surface area contributed by atoms with Crippen molar-refractivity contribution in [2.45, 2.75) is 40.2 Å². The van der Waals surface area contributed by atoms with Crippen LogP contribution in [0.4, 0.5) is 5.82 Å². The number of methoxy groups -OCH3 is 1. The number of hydrogen-bond donors (Lipinski definition) is 1. The number of hydrogen-bond acceptors (Lipinski definition) is 5. The predicted molar refractivity (Wildman–Crippen MR) is 97.3 cm³/mol. The number of aromatic nitrogens is 2. The van der Waals surface area contributed by atoms with Crippen molar-refractivity contribution in [2.24, 2.45) is 0 Å². The van der Waals surface area contributed by atoms with Crippen molar-refractivity contribution in [3.8, 4) is 11.6 Å². The maximum absolute atomic E-state index is 6.01. The van der Waals surface area contributed by atoms with Crippen molar-refractivity contribution in [3.63, 3.8) is 0 Å². The van der Waals surface area contributed by atoms with E-state index >= 15 is 0 Å². The Balaban J connectivity index is 2.30. The highest BCUT2D eigenvalue weighted by atomic mass is 35.5. The second kappa shape index (κ2) is 8.31. The molecule has 2 rings (SSSR count). The number of nitrogens with one attached hydrogen (secondary N) is 1. The molecule has 6 heteroatoms. The zero-order valence-corrected chi connectivity index (χ0v) is 15.6. The molecule has 1 N–H and O–H groups in total. The number of ether oxygens (including phenoxy) is 2. The standard InChI is InChI=1S/C18H24ClN3O2/c1-6-15(10-23-5)22-17-12(3)18(21-13(4)20-17)24-16-8-7-14(19)9-11(16)2/h7-9,15H,6,10H2,1-5H3,(H,20,21,22). The Morgan fingerprint density at radius 2 is 1.96 bits per heavy atom. The Bertz CT molecular complexity index is 707. The Morgan fingerprint density at radius 1 is 1.21 bits per heavy atom. The van der Waals surface area contributed by atoms with Crippen LogP contribution in [0.5, 0.6) is 11.6 Å². The SMILES string of the molecule is CCC(COC)Nc1nc(C)nc(Oc2ccc(Cl)cc2C)c1C. The van der Waals surface area contributed by atoms with Crippen molar-refractivity contribution >= 4 is 17.4 Å². The van der Waals surface area contributed by atoms with Crippen molar-refractivity contribution < 1.29 is 9.47 Å². The average Bonchev–Trinajstić information content (AvgIpc) is 2.53. The second-order valence-corrected chi connectivity index (χ2v) is 6.20. The lowest BCUT2D eigenvalue weighted by Crippen LogP contribution is -2.25. The van der Waals surface area contributed by atoms with Crippen LogP contribution in [-0.4, -0.2) is 29.7 Å². The Morgan fingerprint density at radius 3 is 2.58 bits per heavy atom. The molecule has 0 aliphatic carbocycles. The molecule has 1 unspecified atom stereocenters. The van der Waals surface area contributed by atoms with Gasteiger partial charge in [-0.1, -0.05) is 18.5 Å². The van der Waals surface area contributed by atoms with E-state index < -0.39 is 0 Å². The molecule has 0 spiro atoms. The largest absolute Gasteiger partial charge is 0.438 e. The topological polar surface area (TPSA) is 56.3 Å². The van der Waals surface area contributed by atoms with E-state index in [9.17, 15) is 0 Å². The third-order valence-corrected chi connectivity index (χ3v) is 3.99. The van der Waals surface area contributed by atoms with Gasteiger partial charge in [0.2, 0.25) is 5.88 Å². The Labute approximate surface area is 148 Å². The van der Waals surface area contributed by atoms with Gasteiger partial charge < -0.3 is 14.8 Å². The summed E-state index contributed by atoms with van der Waals surface area (Å²) in [7, 11) is 1.69. The van der Waals surface area contributed by atoms with Crippen LogP contribution in [0.25, 0.3) is 0 Å². The van der Waals surface area contributed by atoms with E-state index in [-0.39, 0.29) is 6.04 Å². The van der Waals surface area contributed by atoms with E-state index in [0.29, 0.717) is 23.3 Å². The highest BCUT2D eigenvalue weighted by Gasteiger charge is 2.15. The lowest BCUT2D eigenvalue weighted by atomic mass is 10.2. The van der Waals surface area contributed by atoms with Gasteiger partial charge in [0.1, 0.15) is 17.4 Å². The number of halogens is 1. The fourth-order valence-electron chi connectivity index (χ4n) is 2.33. The normalized spacial score (nSPS) is 12.1. The van der Waals surface area contributed by atoms with Crippen molar-refractivity contribution in [1.29, 1.82) is 0 Å². The van der Waals surface area contributed by atoms with E-state index in [1.807, 2.05) is 32.9 Å². The predicted octanol–water partition coefficient (Wildman–Crippen LogP) is 4.68. The molecule has 1 heterocycles. The Hall–Kier alpha value is -1.85. The minimum atomic E-state index is 0.188. The van der Waals surface area contributed by atoms with Crippen LogP contribution >= 0.6 is 11.6 Å². The van der Waals surface area contributed by atoms with Gasteiger partial charge in [-0.3, -0.25) is 0 Å². The van der Waals surface area contributed by atoms with Crippen LogP contribution in [0.2, 0.25) is 5.02 Å². The minimum Gasteiger partial charge on any atom is -0.438 e. The van der Waals surface area contributed by atoms with Crippen LogP contribution in [0.15, 0.2) is 18.2 Å². The van der Waals surface area contributed by atoms with E-state index in [0.717, 1.165) is 29.1 Å². The average molecular weight is 350 g/mol. The summed E-state index contributed by atoms with van der Waals surface area (Å²) < 4.78 is 11.3. The molecule has 0 amide bonds. The van der Waals surface area contributed by atoms with Gasteiger partial charge in [0.05, 0.1) is 18.2 Å². The summed E-state index contributed by atoms with van der Waals surface area (Å²) in [5.41, 5.74) is 1.82. The number of nitrogens with zero attached hydrogens (tertiary/aromatic N) is 2. The van der Waals surface area contributed by atoms with Crippen molar-refractivity contribution in [3.05, 3.63) is 40.2 Å². The molecule has 5 nitrogen and oxygen atoms in total. The van der Waals surface area contributed by atoms with Gasteiger partial charge in [0.15, 0.2) is 0 Å². The molecule has 0 aliphatic rings. The molecule has 0 radical (unpaired) electrons. The quantitative estimate of drug-likeness (QED) is 0.786. The monoisotopic (exact) mass is 349 g/mol. The molecule has 0 saturated carbocycles. The molecule has 1 atom stereocenters. The second-order valence-electron chi connectivity index (χ2n) is 5.77. The van der Waals surface area contributed by atoms with Crippen molar-refractivity contribution in [1.82, 2.24) is 9.97 Å². The summed E-state index contributed by atoms with van der Waals surface area (Å²) >= 11 is 6.00. The maximum atomic E-state index is 6.01. The van der Waals surface area contributed by atoms with Gasteiger partial charge in [0.25, 0.3) is 0 Å². The summed E-state index contributed by atoms with van der Waals surface area (Å²) in [4.78, 5) is 8.94. The highest BCUT2D eigenvalue weighted by Crippen LogP contribution is 2.30. The van der Waals surface area contributed by atoms with E-state index in [2.05, 4.69) is 22.2 Å². The molecular formula is C18H24ClN3O2. The summed E-state index contributed by atoms with van der Waals surface area (Å²) in [5.74, 6) is 2.70. The van der Waals surface area contributed by atoms with E-state index in [1.54, 1.807) is 13.2 Å². The number of aryl methyl sites for hydroxylation is 2. The lowest BCUT2D eigenvalue weighted by molar-refractivity contribution is 0.184. The third-order valence-electron chi connectivity index (χ3n) is 3.76. The molecular weight excluding hydrogens is 326 g/mol. The first-order valence-corrected chi connectivity index (χ1v) is 8.37. The smallest absolute Gasteiger partial charge is 0.227 e. The number of rotatable bonds is 7. The summed E-state index contributed by atoms with van der Waals surface area (Å²) in [6.07, 6.45) is 0.933. The van der Waals surface area contributed by atoms with Crippen LogP contribution in [0, 0.1) is 20.8 Å². The van der Waals surface area contributed by atoms with Gasteiger partial charge in [-0.25, -0.2) is 4.98 Å². The summed E-state index contributed by atoms with van der Waals surface area (Å²) in [6, 6.07) is 5.71. The molecule has 0 bridgehead atoms. The molecule has 1 aromatic carbocycles. The fraction of sp³-hybridized carbons (Fsp3) is 0.444. The lowest BCUT2D eigenvalue weighted by Gasteiger charge is -2.19. The summed E-state index contributed by atoms with van der Waals surface area (Å²) in [5, 5.41) is 4.09. The fourth-order valence-corrected chi connectivity index (χ4v) is 2.56. The zero-order chi connectivity index (χ0) is 17.7. The van der Waals surface area contributed by atoms with Gasteiger partial charge in [0, 0.05) is 12.1 Å². The highest BCUT2D eigenvalue weighted by molar-refractivity contribution is 6.30. The maximum Gasteiger partial charge on any atom is 0.227 e. The van der Waals surface area contributed by atoms with Gasteiger partial charge in [-0.2, -0.15) is 4.98 Å². The minimum absolute atomic E-state index is 0.188. The molecule has 0 fully saturated rings. The van der Waals surface area contributed by atoms with Crippen LogP contribution in [0.1, 0.15) is 30.3 Å². The van der Waals surface area contributed by atoms with Crippen molar-refractivity contribution in [2.75, 3.05) is 19.0 Å². The number of benzene rings is 1. The van der Waals surface area contributed by atoms with Gasteiger partial charge in [-0.05, 0) is 51.0 Å². The first-order chi connectivity index (χ1) is 11.4. The molecule has 0 aliphatic heterocycles. The molecule has 2 aromatic rings. The molecule has 0 saturated heterocycles. The Kier molecular flexibility index (Phi) is 6.40. The van der Waals surface area contributed by atoms with Gasteiger partial charge in [-0.15, -0.1) is 0 Å². The summed E-state index contributed by atoms with van der Waals surface area (Å²) in [6.45, 7) is 8.47. The van der Waals surface area contributed by atoms with E-state index in [4.69, 9.17) is 21.1 Å². The van der Waals surface area contributed by atoms with Crippen LogP contribution < -0.4 is 10.1 Å². The van der Waals surface area contributed by atoms with E-state index in [1.165, 1.54) is 0 Å². The molecule has 130 valence electrons. The van der Waals surface area contributed by atoms with Crippen LogP contribution in [0.3, 0.4) is 0 Å². The molecule has 1 aromatic heterocycles. The first-order valence-electron chi connectivity index (χ1n) is 7.99. The number of anilines is 1. The first kappa shape index (κ1) is 18.5. The zero-order valence-electron chi connectivity index (χ0n) is 14.8. The third kappa shape index (κ3) is 4.58. The van der Waals surface area contributed by atoms with Gasteiger partial charge >= 0.3 is 0 Å². The van der Waals surface area contributed by atoms with Crippen LogP contribution in [-0.2, 0) is 4.74 Å².